The van der Waals surface area contributed by atoms with Gasteiger partial charge in [0.1, 0.15) is 0 Å². The van der Waals surface area contributed by atoms with E-state index in [1.54, 1.807) is 0 Å². The van der Waals surface area contributed by atoms with E-state index in [1.807, 2.05) is 13.2 Å². The first kappa shape index (κ1) is 16.2. The summed E-state index contributed by atoms with van der Waals surface area (Å²) in [4.78, 5) is 2.62. The third kappa shape index (κ3) is 2.82. The van der Waals surface area contributed by atoms with Gasteiger partial charge in [0.2, 0.25) is 0 Å². The highest BCUT2D eigenvalue weighted by Gasteiger charge is 2.52. The lowest BCUT2D eigenvalue weighted by Crippen LogP contribution is -2.51. The van der Waals surface area contributed by atoms with Gasteiger partial charge in [0, 0.05) is 25.1 Å². The highest BCUT2D eigenvalue weighted by molar-refractivity contribution is 6.42. The first-order valence-electron chi connectivity index (χ1n) is 8.80. The van der Waals surface area contributed by atoms with Crippen LogP contribution in [0.15, 0.2) is 18.2 Å². The van der Waals surface area contributed by atoms with Crippen LogP contribution in [0.2, 0.25) is 10.0 Å². The second-order valence-electron chi connectivity index (χ2n) is 7.59. The molecule has 23 heavy (non-hydrogen) atoms. The number of hydrogen-bond donors (Lipinski definition) is 0. The molecule has 2 saturated heterocycles. The highest BCUT2D eigenvalue weighted by atomic mass is 35.5. The number of halogens is 2. The van der Waals surface area contributed by atoms with Crippen LogP contribution in [-0.2, 0) is 4.74 Å². The van der Waals surface area contributed by atoms with Gasteiger partial charge in [-0.15, -0.1) is 0 Å². The first-order chi connectivity index (χ1) is 11.1. The van der Waals surface area contributed by atoms with Gasteiger partial charge in [-0.25, -0.2) is 0 Å². The van der Waals surface area contributed by atoms with E-state index in [9.17, 15) is 0 Å². The minimum absolute atomic E-state index is 0.376. The monoisotopic (exact) mass is 353 g/mol. The Balaban J connectivity index is 1.71. The zero-order valence-corrected chi connectivity index (χ0v) is 15.4. The van der Waals surface area contributed by atoms with Crippen molar-refractivity contribution in [3.63, 3.8) is 0 Å². The molecule has 0 amide bonds. The van der Waals surface area contributed by atoms with E-state index in [4.69, 9.17) is 27.9 Å². The van der Waals surface area contributed by atoms with E-state index < -0.39 is 0 Å². The van der Waals surface area contributed by atoms with Gasteiger partial charge in [-0.1, -0.05) is 29.3 Å². The molecule has 2 nitrogen and oxygen atoms in total. The van der Waals surface area contributed by atoms with E-state index in [1.165, 1.54) is 37.7 Å². The van der Waals surface area contributed by atoms with Crippen molar-refractivity contribution in [2.24, 2.45) is 11.8 Å². The zero-order valence-electron chi connectivity index (χ0n) is 13.8. The summed E-state index contributed by atoms with van der Waals surface area (Å²) in [5, 5.41) is 1.32. The molecular weight excluding hydrogens is 329 g/mol. The van der Waals surface area contributed by atoms with Gasteiger partial charge < -0.3 is 9.64 Å². The Bertz CT molecular complexity index is 587. The number of ether oxygens (including phenoxy) is 1. The van der Waals surface area contributed by atoms with Crippen molar-refractivity contribution in [3.05, 3.63) is 33.8 Å². The summed E-state index contributed by atoms with van der Waals surface area (Å²) in [5.41, 5.74) is 1.34. The third-order valence-corrected chi connectivity index (χ3v) is 7.18. The van der Waals surface area contributed by atoms with Crippen molar-refractivity contribution in [1.82, 2.24) is 4.90 Å². The Hall–Kier alpha value is -0.280. The molecular formula is C19H25Cl2NO. The number of hydrogen-bond acceptors (Lipinski definition) is 2. The van der Waals surface area contributed by atoms with Gasteiger partial charge in [0.05, 0.1) is 16.1 Å². The molecule has 1 aromatic carbocycles. The molecule has 1 saturated carbocycles. The van der Waals surface area contributed by atoms with Crippen LogP contribution in [0.5, 0.6) is 0 Å². The van der Waals surface area contributed by atoms with Crippen LogP contribution in [0, 0.1) is 11.8 Å². The summed E-state index contributed by atoms with van der Waals surface area (Å²) in [6.07, 6.45) is 6.85. The van der Waals surface area contributed by atoms with Crippen molar-refractivity contribution >= 4 is 23.2 Å². The standard InChI is InChI=1S/C19H25Cl2NO/c1-22-13-6-8-17(22)18(19(23-2)11-3-4-11)14(10-13)12-5-7-15(20)16(21)9-12/h5,7,9,11,13-14,17-19H,3-4,6,8,10H2,1-2H3/t13-,14+,17+,18+,19?/m1/s1. The van der Waals surface area contributed by atoms with Crippen molar-refractivity contribution in [2.75, 3.05) is 14.2 Å². The minimum atomic E-state index is 0.376. The first-order valence-corrected chi connectivity index (χ1v) is 9.55. The maximum Gasteiger partial charge on any atom is 0.0648 e. The lowest BCUT2D eigenvalue weighted by atomic mass is 9.72. The van der Waals surface area contributed by atoms with Gasteiger partial charge >= 0.3 is 0 Å². The molecule has 1 unspecified atom stereocenters. The molecule has 126 valence electrons. The molecule has 0 aromatic heterocycles. The van der Waals surface area contributed by atoms with Crippen molar-refractivity contribution in [3.8, 4) is 0 Å². The summed E-state index contributed by atoms with van der Waals surface area (Å²) >= 11 is 12.4. The van der Waals surface area contributed by atoms with E-state index in [0.717, 1.165) is 5.92 Å². The molecule has 5 atom stereocenters. The largest absolute Gasteiger partial charge is 0.381 e. The maximum absolute atomic E-state index is 6.31. The van der Waals surface area contributed by atoms with Gasteiger partial charge in [0.15, 0.2) is 0 Å². The lowest BCUT2D eigenvalue weighted by Gasteiger charge is -2.46. The lowest BCUT2D eigenvalue weighted by molar-refractivity contribution is -0.0320. The average molecular weight is 354 g/mol. The third-order valence-electron chi connectivity index (χ3n) is 6.44. The predicted octanol–water partition coefficient (Wildman–Crippen LogP) is 4.98. The number of benzene rings is 1. The summed E-state index contributed by atoms with van der Waals surface area (Å²) in [6.45, 7) is 0. The van der Waals surface area contributed by atoms with Gasteiger partial charge in [0.25, 0.3) is 0 Å². The Labute approximate surface area is 149 Å². The molecule has 1 aliphatic carbocycles. The Kier molecular flexibility index (Phi) is 4.38. The highest BCUT2D eigenvalue weighted by Crippen LogP contribution is 2.52. The predicted molar refractivity (Wildman–Crippen MR) is 95.4 cm³/mol. The molecule has 0 spiro atoms. The number of piperidine rings is 1. The van der Waals surface area contributed by atoms with Crippen molar-refractivity contribution in [1.29, 1.82) is 0 Å². The summed E-state index contributed by atoms with van der Waals surface area (Å²) in [6, 6.07) is 7.56. The Morgan fingerprint density at radius 1 is 1.13 bits per heavy atom. The van der Waals surface area contributed by atoms with E-state index in [2.05, 4.69) is 24.1 Å². The number of nitrogens with zero attached hydrogens (tertiary/aromatic N) is 1. The molecule has 2 aliphatic heterocycles. The smallest absolute Gasteiger partial charge is 0.0648 e. The van der Waals surface area contributed by atoms with Gasteiger partial charge in [-0.3, -0.25) is 0 Å². The van der Waals surface area contributed by atoms with Crippen LogP contribution in [-0.4, -0.2) is 37.2 Å². The van der Waals surface area contributed by atoms with Crippen molar-refractivity contribution in [2.45, 2.75) is 56.2 Å². The Morgan fingerprint density at radius 3 is 2.57 bits per heavy atom. The van der Waals surface area contributed by atoms with Gasteiger partial charge in [-0.05, 0) is 68.7 Å². The molecule has 1 aromatic rings. The quantitative estimate of drug-likeness (QED) is 0.756. The molecule has 0 N–H and O–H groups in total. The molecule has 4 rings (SSSR count). The van der Waals surface area contributed by atoms with Crippen LogP contribution in [0.25, 0.3) is 0 Å². The zero-order chi connectivity index (χ0) is 16.1. The topological polar surface area (TPSA) is 12.5 Å². The van der Waals surface area contributed by atoms with Crippen molar-refractivity contribution < 1.29 is 4.74 Å². The molecule has 3 aliphatic rings. The fraction of sp³-hybridized carbons (Fsp3) is 0.684. The molecule has 4 heteroatoms. The second kappa shape index (κ2) is 6.22. The second-order valence-corrected chi connectivity index (χ2v) is 8.41. The normalized spacial score (nSPS) is 35.5. The minimum Gasteiger partial charge on any atom is -0.381 e. The van der Waals surface area contributed by atoms with Crippen LogP contribution in [0.1, 0.15) is 43.6 Å². The number of fused-ring (bicyclic) bond motifs is 2. The van der Waals surface area contributed by atoms with Gasteiger partial charge in [-0.2, -0.15) is 0 Å². The maximum atomic E-state index is 6.31. The summed E-state index contributed by atoms with van der Waals surface area (Å²) < 4.78 is 6.03. The average Bonchev–Trinajstić information content (AvgIpc) is 3.33. The Morgan fingerprint density at radius 2 is 1.91 bits per heavy atom. The van der Waals surface area contributed by atoms with Crippen LogP contribution in [0.4, 0.5) is 0 Å². The SMILES string of the molecule is COC(C1CC1)[C@H]1[C@H](c2ccc(Cl)c(Cl)c2)C[C@H]2CC[C@@H]1N2C. The molecule has 0 radical (unpaired) electrons. The molecule has 2 heterocycles. The van der Waals surface area contributed by atoms with Crippen LogP contribution < -0.4 is 0 Å². The van der Waals surface area contributed by atoms with E-state index >= 15 is 0 Å². The van der Waals surface area contributed by atoms with Crippen LogP contribution >= 0.6 is 23.2 Å². The van der Waals surface area contributed by atoms with E-state index in [0.29, 0.717) is 40.1 Å². The number of methoxy groups -OCH3 is 1. The summed E-state index contributed by atoms with van der Waals surface area (Å²) in [5.74, 6) is 1.85. The fourth-order valence-electron chi connectivity index (χ4n) is 5.15. The molecule has 3 fully saturated rings. The summed E-state index contributed by atoms with van der Waals surface area (Å²) in [7, 11) is 4.20. The van der Waals surface area contributed by atoms with E-state index in [-0.39, 0.29) is 0 Å². The molecule has 2 bridgehead atoms. The van der Waals surface area contributed by atoms with Crippen LogP contribution in [0.3, 0.4) is 0 Å². The fourth-order valence-corrected chi connectivity index (χ4v) is 5.45. The number of rotatable bonds is 4.